The maximum Gasteiger partial charge on any atom is 0.201 e. The highest BCUT2D eigenvalue weighted by atomic mass is 32.2. The summed E-state index contributed by atoms with van der Waals surface area (Å²) in [5.74, 6) is -0.235. The van der Waals surface area contributed by atoms with Gasteiger partial charge in [0, 0.05) is 0 Å². The first-order chi connectivity index (χ1) is 8.11. The van der Waals surface area contributed by atoms with Crippen molar-refractivity contribution in [3.8, 4) is 17.2 Å². The molecule has 0 spiro atoms. The molecule has 0 radical (unpaired) electrons. The standard InChI is InChI=1S/C10H10N2O3S2/c1-5-11-12-10(16-5)17-7-4-3-6(13)8(14)9(7)15-2/h3-4,13-14H,1-2H3. The summed E-state index contributed by atoms with van der Waals surface area (Å²) in [5, 5.41) is 27.7. The SMILES string of the molecule is COc1c(Sc2nnc(C)s2)ccc(O)c1O. The Morgan fingerprint density at radius 3 is 2.65 bits per heavy atom. The predicted octanol–water partition coefficient (Wildman–Crippen LogP) is 2.42. The lowest BCUT2D eigenvalue weighted by atomic mass is 10.3. The van der Waals surface area contributed by atoms with Gasteiger partial charge in [-0.15, -0.1) is 10.2 Å². The second-order valence-corrected chi connectivity index (χ2v) is 5.62. The zero-order valence-electron chi connectivity index (χ0n) is 9.17. The number of hydrogen-bond acceptors (Lipinski definition) is 7. The molecule has 5 nitrogen and oxygen atoms in total. The van der Waals surface area contributed by atoms with E-state index in [4.69, 9.17) is 4.74 Å². The summed E-state index contributed by atoms with van der Waals surface area (Å²) in [5.41, 5.74) is 0. The number of aromatic hydroxyl groups is 2. The molecule has 0 aliphatic rings. The van der Waals surface area contributed by atoms with Crippen molar-refractivity contribution in [2.75, 3.05) is 7.11 Å². The number of rotatable bonds is 3. The van der Waals surface area contributed by atoms with Crippen LogP contribution in [-0.4, -0.2) is 27.5 Å². The number of aryl methyl sites for hydroxylation is 1. The van der Waals surface area contributed by atoms with Gasteiger partial charge in [0.05, 0.1) is 12.0 Å². The molecule has 0 fully saturated rings. The third kappa shape index (κ3) is 2.45. The number of nitrogens with zero attached hydrogens (tertiary/aromatic N) is 2. The van der Waals surface area contributed by atoms with Crippen LogP contribution in [0.15, 0.2) is 21.4 Å². The van der Waals surface area contributed by atoms with Gasteiger partial charge in [-0.1, -0.05) is 23.1 Å². The average Bonchev–Trinajstić information content (AvgIpc) is 2.70. The van der Waals surface area contributed by atoms with Crippen molar-refractivity contribution in [1.29, 1.82) is 0 Å². The molecule has 0 bridgehead atoms. The summed E-state index contributed by atoms with van der Waals surface area (Å²) in [6.45, 7) is 1.87. The highest BCUT2D eigenvalue weighted by molar-refractivity contribution is 8.01. The molecule has 2 N–H and O–H groups in total. The lowest BCUT2D eigenvalue weighted by molar-refractivity contribution is 0.344. The van der Waals surface area contributed by atoms with E-state index in [1.54, 1.807) is 6.07 Å². The minimum Gasteiger partial charge on any atom is -0.504 e. The molecule has 0 amide bonds. The fraction of sp³-hybridized carbons (Fsp3) is 0.200. The second kappa shape index (κ2) is 4.80. The third-order valence-electron chi connectivity index (χ3n) is 1.98. The summed E-state index contributed by atoms with van der Waals surface area (Å²) < 4.78 is 5.82. The van der Waals surface area contributed by atoms with Crippen molar-refractivity contribution >= 4 is 23.1 Å². The number of methoxy groups -OCH3 is 1. The summed E-state index contributed by atoms with van der Waals surface area (Å²) in [6.07, 6.45) is 0. The van der Waals surface area contributed by atoms with Gasteiger partial charge in [-0.25, -0.2) is 0 Å². The number of aromatic nitrogens is 2. The Balaban J connectivity index is 2.36. The molecule has 0 atom stereocenters. The Hall–Kier alpha value is -1.47. The highest BCUT2D eigenvalue weighted by Gasteiger charge is 2.15. The van der Waals surface area contributed by atoms with E-state index in [2.05, 4.69) is 10.2 Å². The van der Waals surface area contributed by atoms with Crippen molar-refractivity contribution < 1.29 is 14.9 Å². The number of ether oxygens (including phenoxy) is 1. The zero-order chi connectivity index (χ0) is 12.4. The van der Waals surface area contributed by atoms with Gasteiger partial charge in [0.15, 0.2) is 15.8 Å². The number of benzene rings is 1. The van der Waals surface area contributed by atoms with Gasteiger partial charge in [-0.3, -0.25) is 0 Å². The molecular formula is C10H10N2O3S2. The van der Waals surface area contributed by atoms with Gasteiger partial charge in [-0.2, -0.15) is 0 Å². The van der Waals surface area contributed by atoms with Crippen molar-refractivity contribution in [2.24, 2.45) is 0 Å². The van der Waals surface area contributed by atoms with Gasteiger partial charge in [0.1, 0.15) is 5.01 Å². The topological polar surface area (TPSA) is 75.5 Å². The second-order valence-electron chi connectivity index (χ2n) is 3.15. The Kier molecular flexibility index (Phi) is 3.39. The summed E-state index contributed by atoms with van der Waals surface area (Å²) in [7, 11) is 1.43. The van der Waals surface area contributed by atoms with Gasteiger partial charge in [0.25, 0.3) is 0 Å². The molecule has 2 aromatic rings. The first kappa shape index (κ1) is 12.0. The number of phenolic OH excluding ortho intramolecular Hbond substituents is 2. The van der Waals surface area contributed by atoms with Crippen LogP contribution in [0.5, 0.6) is 17.2 Å². The van der Waals surface area contributed by atoms with Crippen molar-refractivity contribution in [2.45, 2.75) is 16.2 Å². The maximum atomic E-state index is 9.64. The zero-order valence-corrected chi connectivity index (χ0v) is 10.8. The summed E-state index contributed by atoms with van der Waals surface area (Å²) in [6, 6.07) is 3.07. The van der Waals surface area contributed by atoms with E-state index < -0.39 is 0 Å². The first-order valence-electron chi connectivity index (χ1n) is 4.68. The smallest absolute Gasteiger partial charge is 0.201 e. The fourth-order valence-corrected chi connectivity index (χ4v) is 3.13. The molecule has 17 heavy (non-hydrogen) atoms. The summed E-state index contributed by atoms with van der Waals surface area (Å²) in [4.78, 5) is 0.680. The van der Waals surface area contributed by atoms with Crippen LogP contribution in [0.4, 0.5) is 0 Å². The molecule has 0 unspecified atom stereocenters. The number of phenols is 2. The molecule has 0 saturated carbocycles. The van der Waals surface area contributed by atoms with Gasteiger partial charge < -0.3 is 14.9 Å². The van der Waals surface area contributed by atoms with Gasteiger partial charge in [0.2, 0.25) is 5.75 Å². The lowest BCUT2D eigenvalue weighted by Crippen LogP contribution is -1.87. The van der Waals surface area contributed by atoms with Crippen LogP contribution in [-0.2, 0) is 0 Å². The van der Waals surface area contributed by atoms with Gasteiger partial charge in [-0.05, 0) is 19.1 Å². The molecular weight excluding hydrogens is 260 g/mol. The molecule has 90 valence electrons. The van der Waals surface area contributed by atoms with Crippen LogP contribution in [0.1, 0.15) is 5.01 Å². The van der Waals surface area contributed by atoms with Crippen molar-refractivity contribution in [3.63, 3.8) is 0 Å². The minimum atomic E-state index is -0.265. The van der Waals surface area contributed by atoms with E-state index in [-0.39, 0.29) is 17.2 Å². The van der Waals surface area contributed by atoms with Gasteiger partial charge >= 0.3 is 0 Å². The van der Waals surface area contributed by atoms with Crippen molar-refractivity contribution in [3.05, 3.63) is 17.1 Å². The largest absolute Gasteiger partial charge is 0.504 e. The molecule has 0 aliphatic heterocycles. The van der Waals surface area contributed by atoms with E-state index >= 15 is 0 Å². The molecule has 0 aliphatic carbocycles. The molecule has 1 aromatic carbocycles. The van der Waals surface area contributed by atoms with Crippen LogP contribution in [0.3, 0.4) is 0 Å². The molecule has 1 aromatic heterocycles. The van der Waals surface area contributed by atoms with E-state index in [9.17, 15) is 10.2 Å². The Morgan fingerprint density at radius 2 is 2.06 bits per heavy atom. The maximum absolute atomic E-state index is 9.64. The van der Waals surface area contributed by atoms with Crippen LogP contribution in [0, 0.1) is 6.92 Å². The molecule has 0 saturated heterocycles. The van der Waals surface area contributed by atoms with Crippen LogP contribution in [0.2, 0.25) is 0 Å². The quantitative estimate of drug-likeness (QED) is 0.834. The first-order valence-corrected chi connectivity index (χ1v) is 6.32. The van der Waals surface area contributed by atoms with E-state index in [1.165, 1.54) is 36.3 Å². The fourth-order valence-electron chi connectivity index (χ4n) is 1.23. The van der Waals surface area contributed by atoms with E-state index in [0.29, 0.717) is 4.90 Å². The normalized spacial score (nSPS) is 10.5. The van der Waals surface area contributed by atoms with Crippen LogP contribution >= 0.6 is 23.1 Å². The Labute approximate surface area is 106 Å². The van der Waals surface area contributed by atoms with Crippen molar-refractivity contribution in [1.82, 2.24) is 10.2 Å². The Morgan fingerprint density at radius 1 is 1.29 bits per heavy atom. The van der Waals surface area contributed by atoms with Crippen LogP contribution < -0.4 is 4.74 Å². The molecule has 1 heterocycles. The monoisotopic (exact) mass is 270 g/mol. The minimum absolute atomic E-state index is 0.209. The number of hydrogen-bond donors (Lipinski definition) is 2. The van der Waals surface area contributed by atoms with E-state index in [1.807, 2.05) is 6.92 Å². The highest BCUT2D eigenvalue weighted by Crippen LogP contribution is 2.45. The molecule has 7 heteroatoms. The Bertz CT molecular complexity index is 542. The van der Waals surface area contributed by atoms with Crippen LogP contribution in [0.25, 0.3) is 0 Å². The lowest BCUT2D eigenvalue weighted by Gasteiger charge is -2.09. The predicted molar refractivity (Wildman–Crippen MR) is 65.1 cm³/mol. The molecule has 2 rings (SSSR count). The van der Waals surface area contributed by atoms with E-state index in [0.717, 1.165) is 9.35 Å². The average molecular weight is 270 g/mol. The summed E-state index contributed by atoms with van der Waals surface area (Å²) >= 11 is 2.78. The third-order valence-corrected chi connectivity index (χ3v) is 3.91.